The minimum atomic E-state index is -0.639. The SMILES string of the molecule is C[C@@H](Nc1nccc(N2C(=O)OC[C@]2(C)c2ccccc2)n1)c1ccc(N2CCCCC2)cc1. The fourth-order valence-corrected chi connectivity index (χ4v) is 4.83. The van der Waals surface area contributed by atoms with Gasteiger partial charge >= 0.3 is 6.09 Å². The monoisotopic (exact) mass is 457 g/mol. The lowest BCUT2D eigenvalue weighted by molar-refractivity contribution is 0.174. The molecule has 0 saturated carbocycles. The van der Waals surface area contributed by atoms with Crippen molar-refractivity contribution in [2.45, 2.75) is 44.7 Å². The number of carbonyl (C=O) groups is 1. The second kappa shape index (κ2) is 9.33. The van der Waals surface area contributed by atoms with Gasteiger partial charge in [0.1, 0.15) is 18.0 Å². The molecule has 7 nitrogen and oxygen atoms in total. The molecule has 2 fully saturated rings. The number of rotatable bonds is 6. The molecule has 2 aliphatic heterocycles. The van der Waals surface area contributed by atoms with Gasteiger partial charge in [-0.15, -0.1) is 0 Å². The Bertz CT molecular complexity index is 1130. The van der Waals surface area contributed by atoms with E-state index >= 15 is 0 Å². The predicted octanol–water partition coefficient (Wildman–Crippen LogP) is 5.51. The number of amides is 1. The van der Waals surface area contributed by atoms with E-state index in [2.05, 4.69) is 51.4 Å². The normalized spacial score (nSPS) is 21.3. The summed E-state index contributed by atoms with van der Waals surface area (Å²) in [6.07, 6.45) is 5.13. The van der Waals surface area contributed by atoms with Gasteiger partial charge in [-0.1, -0.05) is 42.5 Å². The van der Waals surface area contributed by atoms with Gasteiger partial charge in [0.15, 0.2) is 0 Å². The predicted molar refractivity (Wildman–Crippen MR) is 134 cm³/mol. The number of benzene rings is 2. The van der Waals surface area contributed by atoms with Gasteiger partial charge in [0.25, 0.3) is 0 Å². The molecule has 1 N–H and O–H groups in total. The zero-order valence-electron chi connectivity index (χ0n) is 19.8. The first-order chi connectivity index (χ1) is 16.5. The van der Waals surface area contributed by atoms with E-state index in [1.807, 2.05) is 37.3 Å². The van der Waals surface area contributed by atoms with Crippen LogP contribution in [0.3, 0.4) is 0 Å². The average molecular weight is 458 g/mol. The van der Waals surface area contributed by atoms with Gasteiger partial charge in [-0.2, -0.15) is 4.98 Å². The van der Waals surface area contributed by atoms with Gasteiger partial charge in [0, 0.05) is 25.0 Å². The smallest absolute Gasteiger partial charge is 0.416 e. The molecule has 1 aromatic heterocycles. The first-order valence-electron chi connectivity index (χ1n) is 12.0. The van der Waals surface area contributed by atoms with Crippen molar-refractivity contribution in [3.8, 4) is 0 Å². The molecule has 2 aliphatic rings. The number of aromatic nitrogens is 2. The van der Waals surface area contributed by atoms with Crippen LogP contribution >= 0.6 is 0 Å². The lowest BCUT2D eigenvalue weighted by Crippen LogP contribution is -2.42. The van der Waals surface area contributed by atoms with Gasteiger partial charge in [-0.3, -0.25) is 0 Å². The molecule has 5 rings (SSSR count). The summed E-state index contributed by atoms with van der Waals surface area (Å²) < 4.78 is 5.44. The molecule has 2 aromatic carbocycles. The van der Waals surface area contributed by atoms with Gasteiger partial charge in [0.2, 0.25) is 5.95 Å². The van der Waals surface area contributed by atoms with Crippen molar-refractivity contribution in [2.24, 2.45) is 0 Å². The van der Waals surface area contributed by atoms with Gasteiger partial charge in [0.05, 0.1) is 6.04 Å². The molecule has 2 saturated heterocycles. The van der Waals surface area contributed by atoms with Crippen molar-refractivity contribution in [1.29, 1.82) is 0 Å². The van der Waals surface area contributed by atoms with Crippen molar-refractivity contribution >= 4 is 23.5 Å². The molecule has 0 radical (unpaired) electrons. The van der Waals surface area contributed by atoms with Gasteiger partial charge < -0.3 is 15.0 Å². The number of nitrogens with zero attached hydrogens (tertiary/aromatic N) is 4. The Balaban J connectivity index is 1.33. The molecular formula is C27H31N5O2. The van der Waals surface area contributed by atoms with Crippen LogP contribution in [0.4, 0.5) is 22.2 Å². The highest BCUT2D eigenvalue weighted by molar-refractivity contribution is 5.90. The van der Waals surface area contributed by atoms with Crippen LogP contribution in [0.25, 0.3) is 0 Å². The van der Waals surface area contributed by atoms with E-state index in [0.717, 1.165) is 24.2 Å². The molecule has 2 atom stereocenters. The fourth-order valence-electron chi connectivity index (χ4n) is 4.83. The van der Waals surface area contributed by atoms with Crippen molar-refractivity contribution in [2.75, 3.05) is 34.8 Å². The minimum absolute atomic E-state index is 0.0108. The van der Waals surface area contributed by atoms with E-state index in [1.54, 1.807) is 17.2 Å². The van der Waals surface area contributed by atoms with Crippen LogP contribution in [0.1, 0.15) is 50.3 Å². The van der Waals surface area contributed by atoms with Gasteiger partial charge in [-0.05, 0) is 62.4 Å². The summed E-state index contributed by atoms with van der Waals surface area (Å²) in [6, 6.07) is 20.4. The summed E-state index contributed by atoms with van der Waals surface area (Å²) in [6.45, 7) is 6.62. The lowest BCUT2D eigenvalue weighted by atomic mass is 9.92. The minimum Gasteiger partial charge on any atom is -0.446 e. The number of cyclic esters (lactones) is 1. The van der Waals surface area contributed by atoms with E-state index in [9.17, 15) is 4.79 Å². The average Bonchev–Trinajstić information content (AvgIpc) is 3.20. The summed E-state index contributed by atoms with van der Waals surface area (Å²) in [5.41, 5.74) is 2.79. The molecule has 34 heavy (non-hydrogen) atoms. The largest absolute Gasteiger partial charge is 0.446 e. The quantitative estimate of drug-likeness (QED) is 0.526. The Morgan fingerprint density at radius 2 is 1.74 bits per heavy atom. The Morgan fingerprint density at radius 3 is 2.47 bits per heavy atom. The van der Waals surface area contributed by atoms with E-state index < -0.39 is 11.6 Å². The highest BCUT2D eigenvalue weighted by atomic mass is 16.6. The number of carbonyl (C=O) groups excluding carboxylic acids is 1. The van der Waals surface area contributed by atoms with Crippen LogP contribution in [-0.2, 0) is 10.3 Å². The highest BCUT2D eigenvalue weighted by Crippen LogP contribution is 2.37. The number of hydrogen-bond donors (Lipinski definition) is 1. The third-order valence-corrected chi connectivity index (χ3v) is 6.88. The molecule has 0 spiro atoms. The molecule has 0 bridgehead atoms. The van der Waals surface area contributed by atoms with Crippen molar-refractivity contribution in [1.82, 2.24) is 9.97 Å². The van der Waals surface area contributed by atoms with Crippen LogP contribution in [0.2, 0.25) is 0 Å². The lowest BCUT2D eigenvalue weighted by Gasteiger charge is -2.31. The third-order valence-electron chi connectivity index (χ3n) is 6.88. The molecule has 0 unspecified atom stereocenters. The van der Waals surface area contributed by atoms with E-state index in [4.69, 9.17) is 4.74 Å². The zero-order valence-corrected chi connectivity index (χ0v) is 19.8. The third kappa shape index (κ3) is 4.30. The first-order valence-corrected chi connectivity index (χ1v) is 12.0. The Hall–Kier alpha value is -3.61. The summed E-state index contributed by atoms with van der Waals surface area (Å²) >= 11 is 0. The first kappa shape index (κ1) is 22.2. The molecule has 176 valence electrons. The van der Waals surface area contributed by atoms with E-state index in [0.29, 0.717) is 11.8 Å². The van der Waals surface area contributed by atoms with Crippen molar-refractivity contribution < 1.29 is 9.53 Å². The van der Waals surface area contributed by atoms with Crippen LogP contribution < -0.4 is 15.1 Å². The maximum atomic E-state index is 12.7. The number of ether oxygens (including phenoxy) is 1. The molecule has 3 aromatic rings. The number of nitrogens with one attached hydrogen (secondary N) is 1. The van der Waals surface area contributed by atoms with Crippen LogP contribution in [0.15, 0.2) is 66.9 Å². The van der Waals surface area contributed by atoms with Crippen LogP contribution in [0.5, 0.6) is 0 Å². The Labute approximate surface area is 200 Å². The molecule has 7 heteroatoms. The van der Waals surface area contributed by atoms with Crippen molar-refractivity contribution in [3.63, 3.8) is 0 Å². The topological polar surface area (TPSA) is 70.6 Å². The van der Waals surface area contributed by atoms with Crippen molar-refractivity contribution in [3.05, 3.63) is 78.0 Å². The second-order valence-corrected chi connectivity index (χ2v) is 9.27. The Kier molecular flexibility index (Phi) is 6.09. The van der Waals surface area contributed by atoms with Crippen LogP contribution in [-0.4, -0.2) is 35.8 Å². The van der Waals surface area contributed by atoms with Crippen LogP contribution in [0, 0.1) is 0 Å². The molecule has 0 aliphatic carbocycles. The maximum Gasteiger partial charge on any atom is 0.416 e. The molecule has 3 heterocycles. The zero-order chi connectivity index (χ0) is 23.5. The fraction of sp³-hybridized carbons (Fsp3) is 0.370. The summed E-state index contributed by atoms with van der Waals surface area (Å²) in [7, 11) is 0. The molecule has 1 amide bonds. The number of anilines is 3. The van der Waals surface area contributed by atoms with E-state index in [1.165, 1.54) is 24.9 Å². The second-order valence-electron chi connectivity index (χ2n) is 9.27. The Morgan fingerprint density at radius 1 is 1.00 bits per heavy atom. The summed E-state index contributed by atoms with van der Waals surface area (Å²) in [4.78, 5) is 25.9. The molecular weight excluding hydrogens is 426 g/mol. The summed E-state index contributed by atoms with van der Waals surface area (Å²) in [5, 5.41) is 3.39. The summed E-state index contributed by atoms with van der Waals surface area (Å²) in [5.74, 6) is 0.985. The van der Waals surface area contributed by atoms with E-state index in [-0.39, 0.29) is 12.6 Å². The standard InChI is InChI=1S/C27H31N5O2/c1-20(21-11-13-23(14-12-21)31-17-7-4-8-18-31)29-25-28-16-15-24(30-25)32-26(33)34-19-27(32,2)22-9-5-3-6-10-22/h3,5-6,9-16,20H,4,7-8,17-19H2,1-2H3,(H,28,29,30)/t20-,27-/m1/s1. The highest BCUT2D eigenvalue weighted by Gasteiger charge is 2.46. The van der Waals surface area contributed by atoms with Gasteiger partial charge in [-0.25, -0.2) is 14.7 Å². The maximum absolute atomic E-state index is 12.7. The number of piperidine rings is 1. The number of hydrogen-bond acceptors (Lipinski definition) is 6.